The Hall–Kier alpha value is -0.910. The third-order valence-electron chi connectivity index (χ3n) is 3.84. The molecule has 0 aliphatic carbocycles. The van der Waals surface area contributed by atoms with Gasteiger partial charge in [0.15, 0.2) is 0 Å². The summed E-state index contributed by atoms with van der Waals surface area (Å²) in [7, 11) is 1.65. The molecule has 0 atom stereocenters. The summed E-state index contributed by atoms with van der Waals surface area (Å²) in [5, 5.41) is 6.33. The minimum atomic E-state index is -0.426. The number of methoxy groups -OCH3 is 1. The highest BCUT2D eigenvalue weighted by molar-refractivity contribution is 9.10. The maximum atomic E-state index is 12.7. The number of piperidine rings is 1. The van der Waals surface area contributed by atoms with E-state index in [-0.39, 0.29) is 5.91 Å². The molecule has 20 heavy (non-hydrogen) atoms. The Morgan fingerprint density at radius 3 is 2.75 bits per heavy atom. The maximum absolute atomic E-state index is 12.7. The number of halogens is 1. The van der Waals surface area contributed by atoms with E-state index in [4.69, 9.17) is 4.74 Å². The van der Waals surface area contributed by atoms with Gasteiger partial charge in [0.2, 0.25) is 5.91 Å². The van der Waals surface area contributed by atoms with Gasteiger partial charge in [-0.1, -0.05) is 6.07 Å². The van der Waals surface area contributed by atoms with Crippen molar-refractivity contribution in [2.75, 3.05) is 32.1 Å². The Labute approximate surface area is 128 Å². The molecule has 0 saturated carbocycles. The average molecular weight is 341 g/mol. The summed E-state index contributed by atoms with van der Waals surface area (Å²) in [4.78, 5) is 12.7. The van der Waals surface area contributed by atoms with Crippen molar-refractivity contribution >= 4 is 27.5 Å². The molecule has 2 rings (SSSR count). The minimum absolute atomic E-state index is 0.0467. The average Bonchev–Trinajstić information content (AvgIpc) is 2.43. The van der Waals surface area contributed by atoms with Crippen LogP contribution in [-0.4, -0.2) is 32.7 Å². The zero-order chi connectivity index (χ0) is 14.6. The summed E-state index contributed by atoms with van der Waals surface area (Å²) >= 11 is 3.50. The third-order valence-corrected chi connectivity index (χ3v) is 4.49. The van der Waals surface area contributed by atoms with Crippen LogP contribution in [0.15, 0.2) is 22.7 Å². The van der Waals surface area contributed by atoms with Gasteiger partial charge in [0.05, 0.1) is 17.7 Å². The highest BCUT2D eigenvalue weighted by atomic mass is 79.9. The minimum Gasteiger partial charge on any atom is -0.384 e. The van der Waals surface area contributed by atoms with Crippen molar-refractivity contribution in [3.05, 3.63) is 28.2 Å². The molecule has 1 heterocycles. The van der Waals surface area contributed by atoms with Crippen molar-refractivity contribution in [2.45, 2.75) is 19.8 Å². The summed E-state index contributed by atoms with van der Waals surface area (Å²) in [6, 6.07) is 5.92. The normalized spacial score (nSPS) is 17.8. The molecule has 1 aromatic rings. The largest absolute Gasteiger partial charge is 0.384 e. The van der Waals surface area contributed by atoms with Gasteiger partial charge in [-0.2, -0.15) is 0 Å². The second kappa shape index (κ2) is 6.70. The second-order valence-electron chi connectivity index (χ2n) is 5.40. The molecule has 110 valence electrons. The molecule has 1 aromatic carbocycles. The highest BCUT2D eigenvalue weighted by Gasteiger charge is 2.39. The second-order valence-corrected chi connectivity index (χ2v) is 6.26. The molecule has 1 aliphatic heterocycles. The first-order valence-electron chi connectivity index (χ1n) is 6.85. The number of carbonyl (C=O) groups is 1. The molecule has 0 spiro atoms. The molecule has 0 radical (unpaired) electrons. The van der Waals surface area contributed by atoms with Gasteiger partial charge in [0, 0.05) is 11.6 Å². The SMILES string of the molecule is COCC1(C(=O)Nc2ccc(C)cc2Br)CCNCC1. The Balaban J connectivity index is 2.15. The van der Waals surface area contributed by atoms with E-state index in [0.29, 0.717) is 6.61 Å². The quantitative estimate of drug-likeness (QED) is 0.885. The van der Waals surface area contributed by atoms with Crippen molar-refractivity contribution in [2.24, 2.45) is 5.41 Å². The molecule has 0 unspecified atom stereocenters. The number of rotatable bonds is 4. The Bertz CT molecular complexity index is 479. The zero-order valence-corrected chi connectivity index (χ0v) is 13.5. The van der Waals surface area contributed by atoms with Gasteiger partial charge in [0.1, 0.15) is 0 Å². The highest BCUT2D eigenvalue weighted by Crippen LogP contribution is 2.32. The fourth-order valence-corrected chi connectivity index (χ4v) is 3.19. The lowest BCUT2D eigenvalue weighted by molar-refractivity contribution is -0.130. The molecule has 1 aliphatic rings. The molecular weight excluding hydrogens is 320 g/mol. The number of hydrogen-bond acceptors (Lipinski definition) is 3. The monoisotopic (exact) mass is 340 g/mol. The van der Waals surface area contributed by atoms with Crippen LogP contribution in [0.2, 0.25) is 0 Å². The summed E-state index contributed by atoms with van der Waals surface area (Å²) in [5.41, 5.74) is 1.54. The van der Waals surface area contributed by atoms with Crippen molar-refractivity contribution in [3.63, 3.8) is 0 Å². The van der Waals surface area contributed by atoms with Crippen LogP contribution in [0.1, 0.15) is 18.4 Å². The molecule has 4 nitrogen and oxygen atoms in total. The lowest BCUT2D eigenvalue weighted by Gasteiger charge is -2.35. The number of anilines is 1. The number of ether oxygens (including phenoxy) is 1. The van der Waals surface area contributed by atoms with Crippen LogP contribution in [0, 0.1) is 12.3 Å². The van der Waals surface area contributed by atoms with Gasteiger partial charge in [0.25, 0.3) is 0 Å². The van der Waals surface area contributed by atoms with Crippen LogP contribution in [0.3, 0.4) is 0 Å². The number of carbonyl (C=O) groups excluding carboxylic acids is 1. The number of aryl methyl sites for hydroxylation is 1. The van der Waals surface area contributed by atoms with Gasteiger partial charge >= 0.3 is 0 Å². The van der Waals surface area contributed by atoms with Gasteiger partial charge in [-0.3, -0.25) is 4.79 Å². The van der Waals surface area contributed by atoms with Crippen LogP contribution in [-0.2, 0) is 9.53 Å². The maximum Gasteiger partial charge on any atom is 0.233 e. The first-order valence-corrected chi connectivity index (χ1v) is 7.64. The number of amides is 1. The molecular formula is C15H21BrN2O2. The van der Waals surface area contributed by atoms with E-state index < -0.39 is 5.41 Å². The van der Waals surface area contributed by atoms with E-state index >= 15 is 0 Å². The van der Waals surface area contributed by atoms with Crippen LogP contribution in [0.25, 0.3) is 0 Å². The van der Waals surface area contributed by atoms with Crippen molar-refractivity contribution < 1.29 is 9.53 Å². The molecule has 5 heteroatoms. The molecule has 0 aromatic heterocycles. The lowest BCUT2D eigenvalue weighted by Crippen LogP contribution is -2.47. The summed E-state index contributed by atoms with van der Waals surface area (Å²) in [6.45, 7) is 4.19. The fraction of sp³-hybridized carbons (Fsp3) is 0.533. The Morgan fingerprint density at radius 1 is 1.45 bits per heavy atom. The van der Waals surface area contributed by atoms with E-state index in [9.17, 15) is 4.79 Å². The van der Waals surface area contributed by atoms with Crippen molar-refractivity contribution in [3.8, 4) is 0 Å². The Kier molecular flexibility index (Phi) is 5.18. The third kappa shape index (κ3) is 3.40. The number of nitrogens with one attached hydrogen (secondary N) is 2. The lowest BCUT2D eigenvalue weighted by atomic mass is 9.78. The van der Waals surface area contributed by atoms with Crippen LogP contribution in [0.5, 0.6) is 0 Å². The van der Waals surface area contributed by atoms with Crippen molar-refractivity contribution in [1.82, 2.24) is 5.32 Å². The molecule has 0 bridgehead atoms. The molecule has 1 saturated heterocycles. The molecule has 2 N–H and O–H groups in total. The number of benzene rings is 1. The first kappa shape index (κ1) is 15.5. The fourth-order valence-electron chi connectivity index (χ4n) is 2.59. The van der Waals surface area contributed by atoms with Gasteiger partial charge in [-0.25, -0.2) is 0 Å². The van der Waals surface area contributed by atoms with E-state index in [0.717, 1.165) is 41.7 Å². The van der Waals surface area contributed by atoms with Crippen LogP contribution >= 0.6 is 15.9 Å². The van der Waals surface area contributed by atoms with Gasteiger partial charge < -0.3 is 15.4 Å². The van der Waals surface area contributed by atoms with E-state index in [1.165, 1.54) is 0 Å². The Morgan fingerprint density at radius 2 is 2.15 bits per heavy atom. The van der Waals surface area contributed by atoms with Crippen LogP contribution < -0.4 is 10.6 Å². The summed E-state index contributed by atoms with van der Waals surface area (Å²) in [5.74, 6) is 0.0467. The topological polar surface area (TPSA) is 50.4 Å². The van der Waals surface area contributed by atoms with Gasteiger partial charge in [-0.15, -0.1) is 0 Å². The van der Waals surface area contributed by atoms with E-state index in [1.54, 1.807) is 7.11 Å². The smallest absolute Gasteiger partial charge is 0.233 e. The predicted molar refractivity (Wildman–Crippen MR) is 83.9 cm³/mol. The van der Waals surface area contributed by atoms with Crippen LogP contribution in [0.4, 0.5) is 5.69 Å². The standard InChI is InChI=1S/C15H21BrN2O2/c1-11-3-4-13(12(16)9-11)18-14(19)15(10-20-2)5-7-17-8-6-15/h3-4,9,17H,5-8,10H2,1-2H3,(H,18,19). The summed E-state index contributed by atoms with van der Waals surface area (Å²) < 4.78 is 6.20. The van der Waals surface area contributed by atoms with Crippen molar-refractivity contribution in [1.29, 1.82) is 0 Å². The zero-order valence-electron chi connectivity index (χ0n) is 12.0. The molecule has 1 amide bonds. The summed E-state index contributed by atoms with van der Waals surface area (Å²) in [6.07, 6.45) is 1.60. The number of hydrogen-bond donors (Lipinski definition) is 2. The first-order chi connectivity index (χ1) is 9.57. The van der Waals surface area contributed by atoms with Gasteiger partial charge in [-0.05, 0) is 66.5 Å². The predicted octanol–water partition coefficient (Wildman–Crippen LogP) is 2.71. The molecule has 1 fully saturated rings. The van der Waals surface area contributed by atoms with E-state index in [2.05, 4.69) is 26.6 Å². The van der Waals surface area contributed by atoms with E-state index in [1.807, 2.05) is 25.1 Å².